The molecule has 3 fully saturated rings. The molecule has 0 amide bonds. The Kier molecular flexibility index (Phi) is 7.68. The number of hydrogen-bond acceptors (Lipinski definition) is 0. The third-order valence-electron chi connectivity index (χ3n) is 10.1. The van der Waals surface area contributed by atoms with Crippen LogP contribution in [0.25, 0.3) is 0 Å². The molecule has 1 heteroatoms. The molecule has 0 nitrogen and oxygen atoms in total. The quantitative estimate of drug-likeness (QED) is 0.287. The molecule has 154 valence electrons. The first-order valence-corrected chi connectivity index (χ1v) is 12.4. The summed E-state index contributed by atoms with van der Waals surface area (Å²) in [5.41, 5.74) is 3.00. The van der Waals surface area contributed by atoms with E-state index in [-0.39, 0.29) is 32.7 Å². The summed E-state index contributed by atoms with van der Waals surface area (Å²) in [6.45, 7) is 12.7. The summed E-state index contributed by atoms with van der Waals surface area (Å²) < 4.78 is 0. The van der Waals surface area contributed by atoms with Gasteiger partial charge in [0.05, 0.1) is 0 Å². The number of hydrogen-bond donors (Lipinski definition) is 0. The van der Waals surface area contributed by atoms with Crippen LogP contribution in [0.1, 0.15) is 105 Å². The van der Waals surface area contributed by atoms with Gasteiger partial charge in [-0.25, -0.2) is 0 Å². The molecule has 3 saturated carbocycles. The Hall–Kier alpha value is 0.844. The second-order valence-corrected chi connectivity index (χ2v) is 11.8. The van der Waals surface area contributed by atoms with Gasteiger partial charge >= 0.3 is 32.7 Å². The maximum Gasteiger partial charge on any atom is 3.00 e. The van der Waals surface area contributed by atoms with Crippen LogP contribution in [0, 0.1) is 52.8 Å². The van der Waals surface area contributed by atoms with Gasteiger partial charge in [-0.1, -0.05) is 72.0 Å². The monoisotopic (exact) mass is 458 g/mol. The van der Waals surface area contributed by atoms with E-state index in [1.807, 2.05) is 5.57 Å². The van der Waals surface area contributed by atoms with E-state index in [0.717, 1.165) is 35.5 Å². The first kappa shape index (κ1) is 23.5. The summed E-state index contributed by atoms with van der Waals surface area (Å²) in [7, 11) is 0. The fourth-order valence-electron chi connectivity index (χ4n) is 8.50. The molecule has 7 atom stereocenters. The van der Waals surface area contributed by atoms with Crippen molar-refractivity contribution in [2.24, 2.45) is 46.3 Å². The zero-order chi connectivity index (χ0) is 19.2. The molecule has 4 aliphatic carbocycles. The number of allylic oxidation sites excluding steroid dienone is 2. The molecule has 4 rings (SSSR count). The summed E-state index contributed by atoms with van der Waals surface area (Å²) in [5, 5.41) is 0. The van der Waals surface area contributed by atoms with Gasteiger partial charge in [0.2, 0.25) is 0 Å². The molecule has 7 unspecified atom stereocenters. The van der Waals surface area contributed by atoms with Crippen LogP contribution >= 0.6 is 0 Å². The van der Waals surface area contributed by atoms with Crippen LogP contribution in [0.4, 0.5) is 0 Å². The van der Waals surface area contributed by atoms with Crippen molar-refractivity contribution in [1.29, 1.82) is 0 Å². The summed E-state index contributed by atoms with van der Waals surface area (Å²) in [6.07, 6.45) is 21.2. The van der Waals surface area contributed by atoms with Gasteiger partial charge in [0.1, 0.15) is 0 Å². The molecule has 0 spiro atoms. The van der Waals surface area contributed by atoms with Crippen molar-refractivity contribution >= 4 is 0 Å². The Morgan fingerprint density at radius 3 is 2.57 bits per heavy atom. The molecule has 28 heavy (non-hydrogen) atoms. The number of rotatable bonds is 5. The van der Waals surface area contributed by atoms with Crippen LogP contribution in [-0.4, -0.2) is 0 Å². The largest absolute Gasteiger partial charge is 3.00 e. The van der Waals surface area contributed by atoms with Crippen LogP contribution in [0.2, 0.25) is 0 Å². The molecule has 0 aromatic carbocycles. The standard InChI is InChI=1S/C27H45.Y/c1-19(2)9-8-10-20(3)23-14-15-24-22-13-12-21-11-6-7-17-26(21,4)25(22)16-18-27(23,24)5;/h6,12,19-20,22-25H,7-11,13-18H2,1-5H3;/q-1;+3. The first-order chi connectivity index (χ1) is 12.9. The first-order valence-electron chi connectivity index (χ1n) is 12.4. The van der Waals surface area contributed by atoms with Crippen LogP contribution in [0.15, 0.2) is 11.6 Å². The molecule has 0 aliphatic heterocycles. The van der Waals surface area contributed by atoms with E-state index < -0.39 is 0 Å². The summed E-state index contributed by atoms with van der Waals surface area (Å²) in [5.74, 6) is 5.78. The Bertz CT molecular complexity index is 563. The van der Waals surface area contributed by atoms with Gasteiger partial charge in [0.15, 0.2) is 0 Å². The van der Waals surface area contributed by atoms with Crippen molar-refractivity contribution in [3.63, 3.8) is 0 Å². The molecule has 0 aromatic rings. The van der Waals surface area contributed by atoms with Crippen molar-refractivity contribution in [3.8, 4) is 0 Å². The van der Waals surface area contributed by atoms with E-state index >= 15 is 0 Å². The minimum absolute atomic E-state index is 0. The van der Waals surface area contributed by atoms with Gasteiger partial charge in [-0.2, -0.15) is 12.8 Å². The van der Waals surface area contributed by atoms with Crippen molar-refractivity contribution in [3.05, 3.63) is 18.1 Å². The average Bonchev–Trinajstić information content (AvgIpc) is 2.98. The van der Waals surface area contributed by atoms with Gasteiger partial charge in [0.25, 0.3) is 0 Å². The van der Waals surface area contributed by atoms with Crippen LogP contribution < -0.4 is 0 Å². The minimum Gasteiger partial charge on any atom is -0.325 e. The molecular weight excluding hydrogens is 413 g/mol. The van der Waals surface area contributed by atoms with Gasteiger partial charge < -0.3 is 6.42 Å². The second-order valence-electron chi connectivity index (χ2n) is 11.8. The third-order valence-corrected chi connectivity index (χ3v) is 10.1. The number of fused-ring (bicyclic) bond motifs is 5. The summed E-state index contributed by atoms with van der Waals surface area (Å²) in [6, 6.07) is 0. The van der Waals surface area contributed by atoms with Crippen molar-refractivity contribution < 1.29 is 32.7 Å². The van der Waals surface area contributed by atoms with E-state index in [2.05, 4.69) is 47.1 Å². The van der Waals surface area contributed by atoms with Gasteiger partial charge in [0, 0.05) is 0 Å². The molecule has 0 aromatic heterocycles. The zero-order valence-electron chi connectivity index (χ0n) is 19.5. The molecule has 0 radical (unpaired) electrons. The Labute approximate surface area is 201 Å². The van der Waals surface area contributed by atoms with Gasteiger partial charge in [-0.15, -0.1) is 0 Å². The van der Waals surface area contributed by atoms with Crippen LogP contribution in [0.3, 0.4) is 0 Å². The Morgan fingerprint density at radius 1 is 1.04 bits per heavy atom. The summed E-state index contributed by atoms with van der Waals surface area (Å²) >= 11 is 0. The van der Waals surface area contributed by atoms with E-state index in [0.29, 0.717) is 10.8 Å². The van der Waals surface area contributed by atoms with Crippen molar-refractivity contribution in [2.75, 3.05) is 0 Å². The van der Waals surface area contributed by atoms with E-state index in [4.69, 9.17) is 0 Å². The summed E-state index contributed by atoms with van der Waals surface area (Å²) in [4.78, 5) is 0. The van der Waals surface area contributed by atoms with Crippen molar-refractivity contribution in [2.45, 2.75) is 105 Å². The maximum absolute atomic E-state index is 2.72. The Balaban J connectivity index is 0.00000225. The van der Waals surface area contributed by atoms with Crippen LogP contribution in [-0.2, 0) is 32.7 Å². The molecule has 0 heterocycles. The third kappa shape index (κ3) is 4.01. The normalized spacial score (nSPS) is 43.4. The fraction of sp³-hybridized carbons (Fsp3) is 0.889. The maximum atomic E-state index is 2.72. The molecule has 0 saturated heterocycles. The van der Waals surface area contributed by atoms with E-state index in [9.17, 15) is 0 Å². The van der Waals surface area contributed by atoms with E-state index in [1.54, 1.807) is 0 Å². The smallest absolute Gasteiger partial charge is 0.325 e. The average molecular weight is 459 g/mol. The minimum atomic E-state index is 0. The zero-order valence-corrected chi connectivity index (χ0v) is 22.3. The molecule has 0 bridgehead atoms. The molecule has 4 aliphatic rings. The molecular formula is C27H45Y+2. The second kappa shape index (κ2) is 9.14. The predicted octanol–water partition coefficient (Wildman–Crippen LogP) is 8.23. The topological polar surface area (TPSA) is 0 Å². The van der Waals surface area contributed by atoms with Gasteiger partial charge in [-0.05, 0) is 78.4 Å². The van der Waals surface area contributed by atoms with Crippen LogP contribution in [0.5, 0.6) is 0 Å². The predicted molar refractivity (Wildman–Crippen MR) is 117 cm³/mol. The van der Waals surface area contributed by atoms with E-state index in [1.165, 1.54) is 70.6 Å². The van der Waals surface area contributed by atoms with Crippen molar-refractivity contribution in [1.82, 2.24) is 0 Å². The molecule has 0 N–H and O–H groups in total. The van der Waals surface area contributed by atoms with Gasteiger partial charge in [-0.3, -0.25) is 0 Å². The fourth-order valence-corrected chi connectivity index (χ4v) is 8.50. The SMILES string of the molecule is CC(C)CCCC(C)C1CCC2C3CC=C4C[CH-]CCC4(C)C3CCC12C.[Y+3]. The Morgan fingerprint density at radius 2 is 1.82 bits per heavy atom.